The van der Waals surface area contributed by atoms with Crippen LogP contribution in [0.2, 0.25) is 0 Å². The van der Waals surface area contributed by atoms with Crippen LogP contribution in [0.4, 0.5) is 5.82 Å². The Kier molecular flexibility index (Phi) is 2.97. The summed E-state index contributed by atoms with van der Waals surface area (Å²) in [6.07, 6.45) is 4.20. The summed E-state index contributed by atoms with van der Waals surface area (Å²) in [6.45, 7) is 1.94. The van der Waals surface area contributed by atoms with Gasteiger partial charge in [-0.3, -0.25) is 4.57 Å². The first-order valence-corrected chi connectivity index (χ1v) is 6.63. The van der Waals surface area contributed by atoms with Gasteiger partial charge in [-0.1, -0.05) is 5.22 Å². The van der Waals surface area contributed by atoms with Crippen molar-refractivity contribution in [3.63, 3.8) is 0 Å². The highest BCUT2D eigenvalue weighted by molar-refractivity contribution is 5.92. The monoisotopic (exact) mass is 279 g/mol. The van der Waals surface area contributed by atoms with E-state index in [9.17, 15) is 9.90 Å². The number of hydrogen-bond acceptors (Lipinski definition) is 7. The second-order valence-electron chi connectivity index (χ2n) is 5.48. The lowest BCUT2D eigenvalue weighted by molar-refractivity contribution is -0.0492. The molecule has 8 heteroatoms. The summed E-state index contributed by atoms with van der Waals surface area (Å²) in [7, 11) is 1.58. The summed E-state index contributed by atoms with van der Waals surface area (Å²) < 4.78 is 6.94. The molecule has 1 unspecified atom stereocenters. The third kappa shape index (κ3) is 2.05. The molecule has 108 valence electrons. The number of fused-ring (bicyclic) bond motifs is 1. The minimum Gasteiger partial charge on any atom is -0.455 e. The zero-order chi connectivity index (χ0) is 14.3. The molecule has 8 nitrogen and oxygen atoms in total. The van der Waals surface area contributed by atoms with Crippen molar-refractivity contribution in [2.45, 2.75) is 44.6 Å². The van der Waals surface area contributed by atoms with E-state index in [2.05, 4.69) is 15.3 Å². The van der Waals surface area contributed by atoms with Gasteiger partial charge in [-0.15, -0.1) is 5.11 Å². The van der Waals surface area contributed by atoms with Crippen molar-refractivity contribution in [1.29, 1.82) is 0 Å². The van der Waals surface area contributed by atoms with Crippen LogP contribution in [0.25, 0.3) is 0 Å². The molecule has 1 aliphatic carbocycles. The van der Waals surface area contributed by atoms with Gasteiger partial charge in [0, 0.05) is 7.05 Å². The van der Waals surface area contributed by atoms with Gasteiger partial charge in [0.15, 0.2) is 11.5 Å². The number of ether oxygens (including phenoxy) is 1. The van der Waals surface area contributed by atoms with Crippen molar-refractivity contribution in [2.75, 3.05) is 7.05 Å². The molecule has 1 aromatic rings. The Labute approximate surface area is 116 Å². The molecule has 2 heterocycles. The lowest BCUT2D eigenvalue weighted by Crippen LogP contribution is -2.29. The van der Waals surface area contributed by atoms with Crippen molar-refractivity contribution in [3.8, 4) is 0 Å². The van der Waals surface area contributed by atoms with Crippen molar-refractivity contribution >= 4 is 11.8 Å². The smallest absolute Gasteiger partial charge is 0.361 e. The van der Waals surface area contributed by atoms with Crippen LogP contribution in [-0.2, 0) is 4.74 Å². The molecule has 1 saturated carbocycles. The molecule has 0 aromatic carbocycles. The van der Waals surface area contributed by atoms with Gasteiger partial charge in [-0.25, -0.2) is 14.8 Å². The zero-order valence-corrected chi connectivity index (χ0v) is 11.5. The minimum atomic E-state index is -1.02. The van der Waals surface area contributed by atoms with Gasteiger partial charge in [0.1, 0.15) is 11.9 Å². The number of aromatic nitrogens is 2. The van der Waals surface area contributed by atoms with Crippen LogP contribution in [0.1, 0.15) is 49.4 Å². The van der Waals surface area contributed by atoms with E-state index < -0.39 is 17.9 Å². The van der Waals surface area contributed by atoms with Gasteiger partial charge in [-0.05, 0) is 32.6 Å². The fraction of sp³-hybridized carbons (Fsp3) is 0.667. The van der Waals surface area contributed by atoms with E-state index in [1.807, 2.05) is 6.92 Å². The van der Waals surface area contributed by atoms with Crippen molar-refractivity contribution in [2.24, 2.45) is 10.3 Å². The van der Waals surface area contributed by atoms with Crippen LogP contribution in [0, 0.1) is 0 Å². The van der Waals surface area contributed by atoms with Gasteiger partial charge in [0.2, 0.25) is 6.35 Å². The summed E-state index contributed by atoms with van der Waals surface area (Å²) in [4.78, 5) is 16.2. The molecule has 1 atom stereocenters. The first kappa shape index (κ1) is 13.0. The number of nitrogens with zero attached hydrogens (tertiary/aromatic N) is 5. The molecule has 0 spiro atoms. The van der Waals surface area contributed by atoms with Crippen LogP contribution in [0.15, 0.2) is 16.7 Å². The van der Waals surface area contributed by atoms with Crippen molar-refractivity contribution < 1.29 is 14.6 Å². The molecule has 1 aromatic heterocycles. The molecule has 2 aliphatic rings. The standard InChI is InChI=1S/C12H17N5O3/c1-12(5-3-4-6-12)20-10(18)8-9-14-15-16(2)11(19)17(9)7-13-8/h7,11,19H,3-6H2,1-2H3. The maximum absolute atomic E-state index is 12.2. The van der Waals surface area contributed by atoms with Crippen LogP contribution < -0.4 is 0 Å². The third-order valence-electron chi connectivity index (χ3n) is 3.82. The summed E-state index contributed by atoms with van der Waals surface area (Å²) in [5.41, 5.74) is -0.330. The molecule has 3 rings (SSSR count). The third-order valence-corrected chi connectivity index (χ3v) is 3.82. The maximum atomic E-state index is 12.2. The lowest BCUT2D eigenvalue weighted by atomic mass is 10.1. The van der Waals surface area contributed by atoms with E-state index in [1.165, 1.54) is 15.9 Å². The van der Waals surface area contributed by atoms with Crippen LogP contribution in [-0.4, -0.2) is 38.3 Å². The first-order chi connectivity index (χ1) is 9.50. The fourth-order valence-corrected chi connectivity index (χ4v) is 2.60. The van der Waals surface area contributed by atoms with Gasteiger partial charge >= 0.3 is 5.97 Å². The minimum absolute atomic E-state index is 0.0917. The molecular weight excluding hydrogens is 262 g/mol. The Morgan fingerprint density at radius 2 is 2.20 bits per heavy atom. The number of carbonyl (C=O) groups is 1. The van der Waals surface area contributed by atoms with Gasteiger partial charge in [0.25, 0.3) is 0 Å². The summed E-state index contributed by atoms with van der Waals surface area (Å²) in [5, 5.41) is 18.8. The topological polar surface area (TPSA) is 92.3 Å². The van der Waals surface area contributed by atoms with Gasteiger partial charge in [-0.2, -0.15) is 0 Å². The number of aliphatic hydroxyl groups excluding tert-OH is 1. The lowest BCUT2D eigenvalue weighted by Gasteiger charge is -2.25. The van der Waals surface area contributed by atoms with E-state index in [4.69, 9.17) is 4.74 Å². The Balaban J connectivity index is 1.84. The predicted octanol–water partition coefficient (Wildman–Crippen LogP) is 1.77. The number of rotatable bonds is 2. The SMILES string of the molecule is CN1N=Nc2c(C(=O)OC3(C)CCCC3)ncn2C1O. The molecular formula is C12H17N5O3. The highest BCUT2D eigenvalue weighted by atomic mass is 16.6. The second-order valence-corrected chi connectivity index (χ2v) is 5.48. The molecule has 1 fully saturated rings. The number of carbonyl (C=O) groups excluding carboxylic acids is 1. The van der Waals surface area contributed by atoms with E-state index in [1.54, 1.807) is 7.05 Å². The molecule has 1 N–H and O–H groups in total. The highest BCUT2D eigenvalue weighted by Gasteiger charge is 2.35. The van der Waals surface area contributed by atoms with E-state index in [-0.39, 0.29) is 11.5 Å². The molecule has 1 aliphatic heterocycles. The fourth-order valence-electron chi connectivity index (χ4n) is 2.60. The number of imidazole rings is 1. The first-order valence-electron chi connectivity index (χ1n) is 6.63. The van der Waals surface area contributed by atoms with E-state index in [0.29, 0.717) is 0 Å². The van der Waals surface area contributed by atoms with Crippen LogP contribution in [0.5, 0.6) is 0 Å². The van der Waals surface area contributed by atoms with Gasteiger partial charge < -0.3 is 9.84 Å². The second kappa shape index (κ2) is 4.55. The van der Waals surface area contributed by atoms with Crippen molar-refractivity contribution in [1.82, 2.24) is 14.6 Å². The predicted molar refractivity (Wildman–Crippen MR) is 68.1 cm³/mol. The zero-order valence-electron chi connectivity index (χ0n) is 11.5. The van der Waals surface area contributed by atoms with Gasteiger partial charge in [0.05, 0.1) is 0 Å². The van der Waals surface area contributed by atoms with Crippen LogP contribution in [0.3, 0.4) is 0 Å². The number of esters is 1. The van der Waals surface area contributed by atoms with Crippen LogP contribution >= 0.6 is 0 Å². The highest BCUT2D eigenvalue weighted by Crippen LogP contribution is 2.35. The Morgan fingerprint density at radius 1 is 1.50 bits per heavy atom. The summed E-state index contributed by atoms with van der Waals surface area (Å²) in [6, 6.07) is 0. The average molecular weight is 279 g/mol. The summed E-state index contributed by atoms with van der Waals surface area (Å²) in [5.74, 6) is -0.291. The Morgan fingerprint density at radius 3 is 2.90 bits per heavy atom. The Bertz CT molecular complexity index is 561. The number of hydrogen-bond donors (Lipinski definition) is 1. The molecule has 0 radical (unpaired) electrons. The maximum Gasteiger partial charge on any atom is 0.361 e. The molecule has 0 bridgehead atoms. The number of aliphatic hydroxyl groups is 1. The Hall–Kier alpha value is -1.96. The normalized spacial score (nSPS) is 23.8. The van der Waals surface area contributed by atoms with Crippen molar-refractivity contribution in [3.05, 3.63) is 12.0 Å². The van der Waals surface area contributed by atoms with E-state index >= 15 is 0 Å². The largest absolute Gasteiger partial charge is 0.455 e. The van der Waals surface area contributed by atoms with E-state index in [0.717, 1.165) is 25.7 Å². The quantitative estimate of drug-likeness (QED) is 0.833. The average Bonchev–Trinajstić information content (AvgIpc) is 3.00. The molecule has 20 heavy (non-hydrogen) atoms. The molecule has 0 saturated heterocycles. The summed E-state index contributed by atoms with van der Waals surface area (Å²) >= 11 is 0. The molecule has 0 amide bonds.